The van der Waals surface area contributed by atoms with Crippen LogP contribution in [0.1, 0.15) is 32.6 Å². The van der Waals surface area contributed by atoms with E-state index in [-0.39, 0.29) is 16.4 Å². The number of ether oxygens (including phenoxy) is 1. The lowest BCUT2D eigenvalue weighted by atomic mass is 10.2. The van der Waals surface area contributed by atoms with Crippen LogP contribution in [0.5, 0.6) is 5.75 Å². The van der Waals surface area contributed by atoms with Gasteiger partial charge in [-0.3, -0.25) is 4.31 Å². The SMILES string of the molecule is CCCCN(C)S(=O)(=O)c1cc(N2CCCCS2(=O)=O)ccc1OC. The lowest BCUT2D eigenvalue weighted by Gasteiger charge is -2.29. The molecule has 0 saturated carbocycles. The largest absolute Gasteiger partial charge is 0.495 e. The summed E-state index contributed by atoms with van der Waals surface area (Å²) in [4.78, 5) is -0.00752. The Labute approximate surface area is 150 Å². The second-order valence-electron chi connectivity index (χ2n) is 6.11. The first-order valence-electron chi connectivity index (χ1n) is 8.39. The van der Waals surface area contributed by atoms with Crippen LogP contribution in [-0.2, 0) is 20.0 Å². The van der Waals surface area contributed by atoms with Gasteiger partial charge in [-0.2, -0.15) is 0 Å². The topological polar surface area (TPSA) is 84.0 Å². The first kappa shape index (κ1) is 20.0. The molecule has 0 bridgehead atoms. The maximum absolute atomic E-state index is 12.9. The second-order valence-corrected chi connectivity index (χ2v) is 10.1. The Morgan fingerprint density at radius 3 is 2.60 bits per heavy atom. The lowest BCUT2D eigenvalue weighted by molar-refractivity contribution is 0.397. The van der Waals surface area contributed by atoms with Crippen molar-refractivity contribution in [2.24, 2.45) is 0 Å². The van der Waals surface area contributed by atoms with E-state index >= 15 is 0 Å². The number of anilines is 1. The number of benzene rings is 1. The van der Waals surface area contributed by atoms with Gasteiger partial charge in [-0.05, 0) is 37.5 Å². The van der Waals surface area contributed by atoms with Crippen LogP contribution < -0.4 is 9.04 Å². The highest BCUT2D eigenvalue weighted by molar-refractivity contribution is 7.92. The number of hydrogen-bond acceptors (Lipinski definition) is 5. The maximum atomic E-state index is 12.9. The number of hydrogen-bond donors (Lipinski definition) is 0. The fourth-order valence-corrected chi connectivity index (χ4v) is 5.78. The summed E-state index contributed by atoms with van der Waals surface area (Å²) >= 11 is 0. The van der Waals surface area contributed by atoms with Crippen LogP contribution in [0.4, 0.5) is 5.69 Å². The van der Waals surface area contributed by atoms with E-state index in [2.05, 4.69) is 0 Å². The standard InChI is InChI=1S/C16H26N2O5S2/c1-4-5-10-17(2)25(21,22)16-13-14(8-9-15(16)23-3)18-11-6-7-12-24(18,19)20/h8-9,13H,4-7,10-12H2,1-3H3. The Kier molecular flexibility index (Phi) is 6.34. The monoisotopic (exact) mass is 390 g/mol. The first-order chi connectivity index (χ1) is 11.7. The molecule has 0 spiro atoms. The van der Waals surface area contributed by atoms with Crippen molar-refractivity contribution in [1.29, 1.82) is 0 Å². The van der Waals surface area contributed by atoms with E-state index in [1.54, 1.807) is 6.07 Å². The number of unbranched alkanes of at least 4 members (excludes halogenated alkanes) is 1. The Morgan fingerprint density at radius 1 is 1.28 bits per heavy atom. The van der Waals surface area contributed by atoms with Gasteiger partial charge in [-0.1, -0.05) is 13.3 Å². The lowest BCUT2D eigenvalue weighted by Crippen LogP contribution is -2.38. The summed E-state index contributed by atoms with van der Waals surface area (Å²) in [6.45, 7) is 2.75. The normalized spacial score (nSPS) is 17.7. The van der Waals surface area contributed by atoms with Crippen molar-refractivity contribution in [3.63, 3.8) is 0 Å². The molecule has 9 heteroatoms. The molecule has 2 rings (SSSR count). The van der Waals surface area contributed by atoms with Gasteiger partial charge in [0, 0.05) is 20.1 Å². The molecule has 0 amide bonds. The Hall–Kier alpha value is -1.32. The Morgan fingerprint density at radius 2 is 2.00 bits per heavy atom. The van der Waals surface area contributed by atoms with Crippen molar-refractivity contribution >= 4 is 25.7 Å². The third-order valence-electron chi connectivity index (χ3n) is 4.30. The quantitative estimate of drug-likeness (QED) is 0.711. The van der Waals surface area contributed by atoms with Gasteiger partial charge in [0.15, 0.2) is 0 Å². The minimum absolute atomic E-state index is 0.00752. The first-order valence-corrected chi connectivity index (χ1v) is 11.4. The molecule has 1 aromatic rings. The fourth-order valence-electron chi connectivity index (χ4n) is 2.77. The summed E-state index contributed by atoms with van der Waals surface area (Å²) in [5.41, 5.74) is 0.364. The number of rotatable bonds is 7. The molecule has 7 nitrogen and oxygen atoms in total. The molecule has 25 heavy (non-hydrogen) atoms. The Bertz CT molecular complexity index is 806. The molecule has 1 fully saturated rings. The molecule has 0 atom stereocenters. The number of nitrogens with zero attached hydrogens (tertiary/aromatic N) is 2. The van der Waals surface area contributed by atoms with Crippen LogP contribution >= 0.6 is 0 Å². The third kappa shape index (κ3) is 4.27. The van der Waals surface area contributed by atoms with E-state index in [0.29, 0.717) is 25.2 Å². The highest BCUT2D eigenvalue weighted by Gasteiger charge is 2.30. The predicted molar refractivity (Wildman–Crippen MR) is 98.1 cm³/mol. The molecule has 1 aliphatic heterocycles. The van der Waals surface area contributed by atoms with Crippen molar-refractivity contribution in [3.8, 4) is 5.75 Å². The van der Waals surface area contributed by atoms with Crippen LogP contribution in [0, 0.1) is 0 Å². The summed E-state index contributed by atoms with van der Waals surface area (Å²) in [6.07, 6.45) is 3.00. The van der Waals surface area contributed by atoms with Gasteiger partial charge in [-0.15, -0.1) is 0 Å². The van der Waals surface area contributed by atoms with Crippen molar-refractivity contribution in [1.82, 2.24) is 4.31 Å². The van der Waals surface area contributed by atoms with Gasteiger partial charge < -0.3 is 4.74 Å². The van der Waals surface area contributed by atoms with Crippen LogP contribution in [0.2, 0.25) is 0 Å². The molecular weight excluding hydrogens is 364 g/mol. The second kappa shape index (κ2) is 7.92. The molecule has 1 heterocycles. The van der Waals surface area contributed by atoms with E-state index in [0.717, 1.165) is 19.3 Å². The van der Waals surface area contributed by atoms with Gasteiger partial charge >= 0.3 is 0 Å². The van der Waals surface area contributed by atoms with Crippen molar-refractivity contribution in [2.45, 2.75) is 37.5 Å². The van der Waals surface area contributed by atoms with Crippen molar-refractivity contribution in [2.75, 3.05) is 37.3 Å². The smallest absolute Gasteiger partial charge is 0.246 e. The van der Waals surface area contributed by atoms with Crippen LogP contribution in [0.25, 0.3) is 0 Å². The minimum atomic E-state index is -3.77. The molecule has 0 aliphatic carbocycles. The van der Waals surface area contributed by atoms with Gasteiger partial charge in [0.1, 0.15) is 10.6 Å². The van der Waals surface area contributed by atoms with E-state index in [9.17, 15) is 16.8 Å². The third-order valence-corrected chi connectivity index (χ3v) is 8.05. The average molecular weight is 391 g/mol. The highest BCUT2D eigenvalue weighted by atomic mass is 32.2. The maximum Gasteiger partial charge on any atom is 0.246 e. The summed E-state index contributed by atoms with van der Waals surface area (Å²) < 4.78 is 58.2. The van der Waals surface area contributed by atoms with Gasteiger partial charge in [0.2, 0.25) is 20.0 Å². The van der Waals surface area contributed by atoms with Crippen LogP contribution in [0.3, 0.4) is 0 Å². The summed E-state index contributed by atoms with van der Waals surface area (Å²) in [5.74, 6) is 0.291. The van der Waals surface area contributed by atoms with E-state index in [4.69, 9.17) is 4.74 Å². The van der Waals surface area contributed by atoms with Crippen molar-refractivity contribution in [3.05, 3.63) is 18.2 Å². The van der Waals surface area contributed by atoms with Gasteiger partial charge in [-0.25, -0.2) is 21.1 Å². The molecule has 0 unspecified atom stereocenters. The fraction of sp³-hybridized carbons (Fsp3) is 0.625. The van der Waals surface area contributed by atoms with E-state index in [1.807, 2.05) is 6.92 Å². The molecule has 0 aromatic heterocycles. The summed E-state index contributed by atoms with van der Waals surface area (Å²) in [7, 11) is -4.25. The zero-order chi connectivity index (χ0) is 18.7. The zero-order valence-corrected chi connectivity index (χ0v) is 16.6. The molecule has 1 saturated heterocycles. The molecular formula is C16H26N2O5S2. The molecule has 0 radical (unpaired) electrons. The Balaban J connectivity index is 2.47. The van der Waals surface area contributed by atoms with E-state index < -0.39 is 20.0 Å². The van der Waals surface area contributed by atoms with Crippen LogP contribution in [-0.4, -0.2) is 54.1 Å². The molecule has 142 valence electrons. The molecule has 1 aliphatic rings. The minimum Gasteiger partial charge on any atom is -0.495 e. The van der Waals surface area contributed by atoms with Gasteiger partial charge in [0.05, 0.1) is 18.6 Å². The molecule has 1 aromatic carbocycles. The summed E-state index contributed by atoms with van der Waals surface area (Å²) in [6, 6.07) is 4.51. The van der Waals surface area contributed by atoms with Gasteiger partial charge in [0.25, 0.3) is 0 Å². The number of sulfonamides is 2. The van der Waals surface area contributed by atoms with Crippen molar-refractivity contribution < 1.29 is 21.6 Å². The number of methoxy groups -OCH3 is 1. The summed E-state index contributed by atoms with van der Waals surface area (Å²) in [5, 5.41) is 0. The van der Waals surface area contributed by atoms with Crippen LogP contribution in [0.15, 0.2) is 23.1 Å². The molecule has 0 N–H and O–H groups in total. The average Bonchev–Trinajstić information content (AvgIpc) is 2.58. The van der Waals surface area contributed by atoms with E-state index in [1.165, 1.54) is 34.9 Å². The zero-order valence-electron chi connectivity index (χ0n) is 14.9. The predicted octanol–water partition coefficient (Wildman–Crippen LogP) is 2.05. The highest BCUT2D eigenvalue weighted by Crippen LogP contribution is 2.33.